The lowest BCUT2D eigenvalue weighted by Gasteiger charge is -2.57. The molecule has 0 saturated heterocycles. The van der Waals surface area contributed by atoms with Crippen LogP contribution in [0, 0.1) is 28.6 Å². The molecule has 1 N–H and O–H groups in total. The first-order valence-corrected chi connectivity index (χ1v) is 16.6. The van der Waals surface area contributed by atoms with Crippen molar-refractivity contribution in [3.8, 4) is 0 Å². The van der Waals surface area contributed by atoms with Crippen LogP contribution in [0.5, 0.6) is 0 Å². The first kappa shape index (κ1) is 29.3. The Bertz CT molecular complexity index is 1480. The van der Waals surface area contributed by atoms with Gasteiger partial charge in [0, 0.05) is 25.5 Å². The zero-order valence-corrected chi connectivity index (χ0v) is 25.8. The van der Waals surface area contributed by atoms with Crippen LogP contribution >= 0.6 is 23.5 Å². The van der Waals surface area contributed by atoms with Crippen LogP contribution in [0.4, 0.5) is 0 Å². The molecule has 0 spiro atoms. The van der Waals surface area contributed by atoms with Gasteiger partial charge in [-0.05, 0) is 117 Å². The summed E-state index contributed by atoms with van der Waals surface area (Å²) in [4.78, 5) is 46.7. The predicted molar refractivity (Wildman–Crippen MR) is 162 cm³/mol. The van der Waals surface area contributed by atoms with E-state index in [2.05, 4.69) is 36.1 Å². The van der Waals surface area contributed by atoms with Crippen LogP contribution in [-0.4, -0.2) is 34.8 Å². The van der Waals surface area contributed by atoms with Crippen molar-refractivity contribution in [1.29, 1.82) is 0 Å². The minimum Gasteiger partial charge on any atom is -0.443 e. The van der Waals surface area contributed by atoms with Crippen molar-refractivity contribution in [2.45, 2.75) is 72.7 Å². The molecule has 8 heteroatoms. The Morgan fingerprint density at radius 2 is 1.69 bits per heavy atom. The van der Waals surface area contributed by atoms with E-state index in [0.29, 0.717) is 36.7 Å². The highest BCUT2D eigenvalue weighted by Crippen LogP contribution is 2.68. The molecule has 4 aliphatic carbocycles. The molecule has 0 aromatic heterocycles. The minimum atomic E-state index is -1.57. The van der Waals surface area contributed by atoms with Gasteiger partial charge in [0.05, 0.1) is 5.56 Å². The Morgan fingerprint density at radius 1 is 0.952 bits per heavy atom. The first-order chi connectivity index (χ1) is 20.1. The Kier molecular flexibility index (Phi) is 7.69. The van der Waals surface area contributed by atoms with Crippen molar-refractivity contribution in [3.05, 3.63) is 77.9 Å². The molecule has 0 heterocycles. The number of hydrogen-bond acceptors (Lipinski definition) is 8. The molecular weight excluding hydrogens is 569 g/mol. The van der Waals surface area contributed by atoms with E-state index >= 15 is 0 Å². The smallest absolute Gasteiger partial charge is 0.385 e. The van der Waals surface area contributed by atoms with Gasteiger partial charge in [-0.1, -0.05) is 43.3 Å². The van der Waals surface area contributed by atoms with Crippen LogP contribution in [0.1, 0.15) is 62.7 Å². The van der Waals surface area contributed by atoms with Crippen molar-refractivity contribution in [3.63, 3.8) is 0 Å². The van der Waals surface area contributed by atoms with Gasteiger partial charge in [0.15, 0.2) is 5.78 Å². The van der Waals surface area contributed by atoms with E-state index in [0.717, 1.165) is 29.1 Å². The number of hydrogen-bond donors (Lipinski definition) is 1. The van der Waals surface area contributed by atoms with Gasteiger partial charge >= 0.3 is 11.9 Å². The Balaban J connectivity index is 1.23. The lowest BCUT2D eigenvalue weighted by molar-refractivity contribution is -0.262. The average molecular weight is 605 g/mol. The molecule has 0 radical (unpaired) electrons. The first-order valence-electron chi connectivity index (χ1n) is 14.6. The van der Waals surface area contributed by atoms with Crippen LogP contribution in [0.15, 0.2) is 87.0 Å². The van der Waals surface area contributed by atoms with Gasteiger partial charge in [0.25, 0.3) is 0 Å². The number of esters is 1. The highest BCUT2D eigenvalue weighted by atomic mass is 32.2. The number of carbonyl (C=O) groups is 3. The van der Waals surface area contributed by atoms with E-state index in [-0.39, 0.29) is 17.1 Å². The van der Waals surface area contributed by atoms with E-state index < -0.39 is 23.0 Å². The summed E-state index contributed by atoms with van der Waals surface area (Å²) in [6.07, 6.45) is 11.8. The van der Waals surface area contributed by atoms with Crippen molar-refractivity contribution < 1.29 is 29.3 Å². The van der Waals surface area contributed by atoms with Gasteiger partial charge in [0.1, 0.15) is 0 Å². The molecule has 0 aliphatic heterocycles. The normalized spacial score (nSPS) is 33.2. The third-order valence-corrected chi connectivity index (χ3v) is 12.4. The maximum atomic E-state index is 13.6. The largest absolute Gasteiger partial charge is 0.443 e. The summed E-state index contributed by atoms with van der Waals surface area (Å²) in [5.41, 5.74) is -0.902. The fourth-order valence-corrected chi connectivity index (χ4v) is 9.90. The van der Waals surface area contributed by atoms with Crippen molar-refractivity contribution >= 4 is 41.2 Å². The summed E-state index contributed by atoms with van der Waals surface area (Å²) in [6.45, 7) is 4.26. The topological polar surface area (TPSA) is 89.9 Å². The number of ketones is 1. The molecule has 3 saturated carbocycles. The zero-order chi connectivity index (χ0) is 29.7. The maximum absolute atomic E-state index is 13.6. The number of carbonyl (C=O) groups excluding carboxylic acids is 3. The fourth-order valence-electron chi connectivity index (χ4n) is 8.49. The van der Waals surface area contributed by atoms with Crippen LogP contribution in [0.25, 0.3) is 0 Å². The van der Waals surface area contributed by atoms with Gasteiger partial charge in [0.2, 0.25) is 5.60 Å². The summed E-state index contributed by atoms with van der Waals surface area (Å²) in [5.74, 6) is -0.695. The SMILES string of the molecule is CSc1cccc(Sc2ccc(C(=O)OC3(C(=O)OO)CC[C@H]4[C@@H]5CCC6=CC(=O)C=C[C@]6(C)[C@H]5CC[C@@]43C)cc2)c1. The number of benzene rings is 2. The molecule has 0 amide bonds. The highest BCUT2D eigenvalue weighted by Gasteiger charge is 2.70. The van der Waals surface area contributed by atoms with Crippen LogP contribution in [0.3, 0.4) is 0 Å². The van der Waals surface area contributed by atoms with Gasteiger partial charge in [-0.2, -0.15) is 5.26 Å². The Morgan fingerprint density at radius 3 is 2.43 bits per heavy atom. The number of allylic oxidation sites excluding steroid dienone is 4. The molecule has 42 heavy (non-hydrogen) atoms. The quantitative estimate of drug-likeness (QED) is 0.155. The molecule has 6 rings (SSSR count). The minimum absolute atomic E-state index is 0.0514. The molecule has 2 aromatic rings. The zero-order valence-electron chi connectivity index (χ0n) is 24.1. The molecule has 220 valence electrons. The third-order valence-electron chi connectivity index (χ3n) is 10.7. The van der Waals surface area contributed by atoms with Crippen LogP contribution < -0.4 is 0 Å². The highest BCUT2D eigenvalue weighted by molar-refractivity contribution is 7.99. The van der Waals surface area contributed by atoms with Gasteiger partial charge in [-0.15, -0.1) is 11.8 Å². The van der Waals surface area contributed by atoms with Crippen molar-refractivity contribution in [2.75, 3.05) is 6.26 Å². The van der Waals surface area contributed by atoms with Gasteiger partial charge in [-0.3, -0.25) is 9.68 Å². The molecular formula is C34H36O6S2. The van der Waals surface area contributed by atoms with E-state index in [1.54, 1.807) is 47.8 Å². The second-order valence-electron chi connectivity index (χ2n) is 12.5. The monoisotopic (exact) mass is 604 g/mol. The summed E-state index contributed by atoms with van der Waals surface area (Å²) < 4.78 is 6.17. The van der Waals surface area contributed by atoms with E-state index in [4.69, 9.17) is 4.74 Å². The van der Waals surface area contributed by atoms with Gasteiger partial charge < -0.3 is 4.74 Å². The lowest BCUT2D eigenvalue weighted by atomic mass is 9.47. The van der Waals surface area contributed by atoms with E-state index in [9.17, 15) is 19.6 Å². The molecule has 1 unspecified atom stereocenters. The average Bonchev–Trinajstić information content (AvgIpc) is 3.30. The third kappa shape index (κ3) is 4.66. The molecule has 4 aliphatic rings. The second kappa shape index (κ2) is 11.0. The van der Waals surface area contributed by atoms with Crippen molar-refractivity contribution in [1.82, 2.24) is 0 Å². The number of fused-ring (bicyclic) bond motifs is 5. The summed E-state index contributed by atoms with van der Waals surface area (Å²) >= 11 is 3.30. The Labute approximate surface area is 255 Å². The summed E-state index contributed by atoms with van der Waals surface area (Å²) in [6, 6.07) is 15.5. The molecule has 2 aromatic carbocycles. The van der Waals surface area contributed by atoms with Crippen LogP contribution in [-0.2, 0) is 19.2 Å². The molecule has 6 nitrogen and oxygen atoms in total. The van der Waals surface area contributed by atoms with Gasteiger partial charge in [-0.25, -0.2) is 9.59 Å². The number of thioether (sulfide) groups is 1. The predicted octanol–water partition coefficient (Wildman–Crippen LogP) is 7.78. The Hall–Kier alpha value is -2.81. The standard InChI is InChI=1S/C34H36O6S2/c1-32-16-13-23(35)19-22(32)9-12-27-28(32)14-17-33(2)29(27)15-18-34(33,31(37)40-38)39-30(36)21-7-10-24(11-8-21)42-26-6-4-5-25(20-26)41-3/h4-8,10-11,13,16,19-20,27-29,38H,9,12,14-15,17-18H2,1-3H3/t27-,28+,29+,32+,33+,34?/m1/s1. The number of rotatable bonds is 6. The fraction of sp³-hybridized carbons (Fsp3) is 0.441. The molecule has 6 atom stereocenters. The maximum Gasteiger partial charge on any atom is 0.385 e. The molecule has 3 fully saturated rings. The summed E-state index contributed by atoms with van der Waals surface area (Å²) in [5, 5.41) is 9.62. The lowest BCUT2D eigenvalue weighted by Crippen LogP contribution is -2.59. The second-order valence-corrected chi connectivity index (χ2v) is 14.5. The summed E-state index contributed by atoms with van der Waals surface area (Å²) in [7, 11) is 0. The van der Waals surface area contributed by atoms with Crippen LogP contribution in [0.2, 0.25) is 0 Å². The van der Waals surface area contributed by atoms with E-state index in [1.807, 2.05) is 31.4 Å². The number of ether oxygens (including phenoxy) is 1. The molecule has 0 bridgehead atoms. The van der Waals surface area contributed by atoms with Crippen molar-refractivity contribution in [2.24, 2.45) is 28.6 Å². The van der Waals surface area contributed by atoms with E-state index in [1.165, 1.54) is 10.5 Å².